The summed E-state index contributed by atoms with van der Waals surface area (Å²) < 4.78 is 56.6. The molecule has 0 fully saturated rings. The van der Waals surface area contributed by atoms with Crippen molar-refractivity contribution in [2.75, 3.05) is 45.8 Å². The average molecular weight is 524 g/mol. The maximum atomic E-state index is 13.0. The first kappa shape index (κ1) is 30.8. The lowest BCUT2D eigenvalue weighted by Gasteiger charge is -2.22. The summed E-state index contributed by atoms with van der Waals surface area (Å²) in [4.78, 5) is 24.6. The number of hydrogen-bond donors (Lipinski definition) is 0. The van der Waals surface area contributed by atoms with Crippen LogP contribution in [0.3, 0.4) is 0 Å². The molecule has 0 aromatic carbocycles. The molecule has 0 N–H and O–H groups in total. The van der Waals surface area contributed by atoms with Gasteiger partial charge >= 0.3 is 17.8 Å². The highest BCUT2D eigenvalue weighted by molar-refractivity contribution is 7.86. The Hall–Kier alpha value is -1.19. The summed E-state index contributed by atoms with van der Waals surface area (Å²) in [5, 5.41) is 0. The van der Waals surface area contributed by atoms with Crippen molar-refractivity contribution in [1.82, 2.24) is 4.90 Å². The van der Waals surface area contributed by atoms with Gasteiger partial charge in [0.05, 0.1) is 11.9 Å². The minimum atomic E-state index is -4.57. The molecule has 8 nitrogen and oxygen atoms in total. The van der Waals surface area contributed by atoms with Crippen molar-refractivity contribution in [3.63, 3.8) is 0 Å². The van der Waals surface area contributed by atoms with E-state index in [9.17, 15) is 26.5 Å². The summed E-state index contributed by atoms with van der Waals surface area (Å²) in [7, 11) is -4.63. The normalized spacial score (nSPS) is 14.8. The van der Waals surface area contributed by atoms with Crippen LogP contribution in [0.25, 0.3) is 0 Å². The number of carbonyl (C=O) groups is 2. The van der Waals surface area contributed by atoms with Gasteiger partial charge in [-0.05, 0) is 37.1 Å². The van der Waals surface area contributed by atoms with E-state index in [2.05, 4.69) is 0 Å². The van der Waals surface area contributed by atoms with E-state index in [4.69, 9.17) is 9.05 Å². The monoisotopic (exact) mass is 523 g/mol. The predicted molar refractivity (Wildman–Crippen MR) is 131 cm³/mol. The van der Waals surface area contributed by atoms with Crippen LogP contribution in [0.15, 0.2) is 23.8 Å². The van der Waals surface area contributed by atoms with Crippen LogP contribution in [0.4, 0.5) is 3.89 Å². The van der Waals surface area contributed by atoms with E-state index in [1.165, 1.54) is 26.4 Å². The van der Waals surface area contributed by atoms with Gasteiger partial charge in [-0.1, -0.05) is 57.4 Å². The van der Waals surface area contributed by atoms with E-state index in [0.717, 1.165) is 64.2 Å². The van der Waals surface area contributed by atoms with E-state index in [-0.39, 0.29) is 6.54 Å². The highest BCUT2D eigenvalue weighted by Crippen LogP contribution is 2.47. The van der Waals surface area contributed by atoms with E-state index >= 15 is 0 Å². The second-order valence-electron chi connectivity index (χ2n) is 8.54. The van der Waals surface area contributed by atoms with Gasteiger partial charge in [0.25, 0.3) is 0 Å². The smallest absolute Gasteiger partial charge is 0.312 e. The van der Waals surface area contributed by atoms with Crippen LogP contribution in [0.1, 0.15) is 64.2 Å². The summed E-state index contributed by atoms with van der Waals surface area (Å²) in [5.74, 6) is -1.77. The molecule has 0 bridgehead atoms. The Labute approximate surface area is 203 Å². The van der Waals surface area contributed by atoms with Gasteiger partial charge in [0.1, 0.15) is 0 Å². The maximum Gasteiger partial charge on any atom is 0.330 e. The van der Waals surface area contributed by atoms with Gasteiger partial charge in [-0.2, -0.15) is 8.42 Å². The highest BCUT2D eigenvalue weighted by Gasteiger charge is 2.19. The molecule has 0 saturated carbocycles. The summed E-state index contributed by atoms with van der Waals surface area (Å²) >= 11 is 0. The Morgan fingerprint density at radius 3 is 1.85 bits per heavy atom. The predicted octanol–water partition coefficient (Wildman–Crippen LogP) is 4.61. The summed E-state index contributed by atoms with van der Waals surface area (Å²) in [6, 6.07) is 0. The first-order valence-corrected chi connectivity index (χ1v) is 15.2. The lowest BCUT2D eigenvalue weighted by atomic mass is 10.0. The molecule has 0 aromatic heterocycles. The van der Waals surface area contributed by atoms with Crippen molar-refractivity contribution in [1.29, 1.82) is 0 Å². The molecule has 0 aromatic rings. The van der Waals surface area contributed by atoms with Gasteiger partial charge in [0, 0.05) is 27.3 Å². The molecule has 0 atom stereocenters. The van der Waals surface area contributed by atoms with Gasteiger partial charge in [-0.25, -0.2) is 0 Å². The first-order chi connectivity index (χ1) is 16.1. The number of ketones is 2. The van der Waals surface area contributed by atoms with Crippen LogP contribution in [-0.2, 0) is 33.4 Å². The fourth-order valence-electron chi connectivity index (χ4n) is 3.73. The largest absolute Gasteiger partial charge is 0.330 e. The number of nitrogens with zero attached hydrogens (tertiary/aromatic N) is 1. The minimum Gasteiger partial charge on any atom is -0.312 e. The molecular formula is C23H39FNO7PS. The highest BCUT2D eigenvalue weighted by atomic mass is 32.3. The molecule has 1 aliphatic carbocycles. The number of hydrogen-bond acceptors (Lipinski definition) is 8. The standard InChI is InChI=1S/C23H39FNO7PS/c1-31-33(28,32-2)17-12-10-8-6-4-3-5-7-9-11-15-25(16-18-34(24,29)30)20-21-13-14-22(26)23(27)19-21/h13-14,19H,3-12,15-18,20H2,1-2H3. The molecule has 0 spiro atoms. The molecule has 196 valence electrons. The number of allylic oxidation sites excluding steroid dienone is 2. The summed E-state index contributed by atoms with van der Waals surface area (Å²) in [5.41, 5.74) is 0.619. The van der Waals surface area contributed by atoms with Crippen LogP contribution in [0, 0.1) is 0 Å². The van der Waals surface area contributed by atoms with E-state index in [1.807, 2.05) is 4.90 Å². The zero-order chi connectivity index (χ0) is 25.5. The number of rotatable bonds is 20. The van der Waals surface area contributed by atoms with Gasteiger partial charge in [0.15, 0.2) is 0 Å². The minimum absolute atomic E-state index is 0.0381. The lowest BCUT2D eigenvalue weighted by Crippen LogP contribution is -2.32. The van der Waals surface area contributed by atoms with Gasteiger partial charge in [-0.15, -0.1) is 3.89 Å². The van der Waals surface area contributed by atoms with Crippen molar-refractivity contribution < 1.29 is 35.5 Å². The lowest BCUT2D eigenvalue weighted by molar-refractivity contribution is -0.131. The Bertz CT molecular complexity index is 849. The number of carbonyl (C=O) groups excluding carboxylic acids is 2. The fourth-order valence-corrected chi connectivity index (χ4v) is 5.33. The third-order valence-corrected chi connectivity index (χ3v) is 8.43. The summed E-state index contributed by atoms with van der Waals surface area (Å²) in [6.45, 7) is 0.932. The van der Waals surface area contributed by atoms with Gasteiger partial charge in [-0.3, -0.25) is 19.1 Å². The molecule has 0 unspecified atom stereocenters. The quantitative estimate of drug-likeness (QED) is 0.0749. The zero-order valence-electron chi connectivity index (χ0n) is 20.4. The first-order valence-electron chi connectivity index (χ1n) is 11.9. The molecule has 0 radical (unpaired) electrons. The van der Waals surface area contributed by atoms with E-state index < -0.39 is 35.1 Å². The second-order valence-corrected chi connectivity index (χ2v) is 12.4. The van der Waals surface area contributed by atoms with Crippen molar-refractivity contribution in [3.05, 3.63) is 23.8 Å². The SMILES string of the molecule is COP(=O)(CCCCCCCCCCCCN(CCS(=O)(=O)F)CC1=CC(=O)C(=O)C=C1)OC. The van der Waals surface area contributed by atoms with Crippen molar-refractivity contribution in [2.45, 2.75) is 64.2 Å². The molecule has 34 heavy (non-hydrogen) atoms. The van der Waals surface area contributed by atoms with Crippen LogP contribution in [0.5, 0.6) is 0 Å². The average Bonchev–Trinajstić information content (AvgIpc) is 2.79. The molecule has 0 saturated heterocycles. The molecule has 1 aliphatic rings. The second kappa shape index (κ2) is 16.5. The van der Waals surface area contributed by atoms with Crippen LogP contribution >= 0.6 is 7.60 Å². The third kappa shape index (κ3) is 14.3. The molecule has 0 heterocycles. The van der Waals surface area contributed by atoms with Crippen molar-refractivity contribution in [2.24, 2.45) is 0 Å². The Morgan fingerprint density at radius 2 is 1.35 bits per heavy atom. The number of unbranched alkanes of at least 4 members (excludes halogenated alkanes) is 9. The van der Waals surface area contributed by atoms with Crippen molar-refractivity contribution in [3.8, 4) is 0 Å². The molecule has 0 aliphatic heterocycles. The fraction of sp³-hybridized carbons (Fsp3) is 0.739. The van der Waals surface area contributed by atoms with Crippen LogP contribution in [-0.4, -0.2) is 70.7 Å². The van der Waals surface area contributed by atoms with Gasteiger partial charge < -0.3 is 9.05 Å². The molecule has 11 heteroatoms. The van der Waals surface area contributed by atoms with Crippen LogP contribution in [0.2, 0.25) is 0 Å². The molecule has 0 amide bonds. The van der Waals surface area contributed by atoms with Crippen LogP contribution < -0.4 is 0 Å². The Kier molecular flexibility index (Phi) is 14.9. The summed E-state index contributed by atoms with van der Waals surface area (Å²) in [6.07, 6.45) is 14.8. The van der Waals surface area contributed by atoms with Gasteiger partial charge in [0.2, 0.25) is 11.6 Å². The van der Waals surface area contributed by atoms with E-state index in [1.54, 1.807) is 6.08 Å². The van der Waals surface area contributed by atoms with Crippen molar-refractivity contribution >= 4 is 29.4 Å². The topological polar surface area (TPSA) is 107 Å². The zero-order valence-corrected chi connectivity index (χ0v) is 22.1. The Balaban J connectivity index is 2.18. The number of halogens is 1. The third-order valence-electron chi connectivity index (χ3n) is 5.78. The Morgan fingerprint density at radius 1 is 0.824 bits per heavy atom. The maximum absolute atomic E-state index is 13.0. The molecule has 1 rings (SSSR count). The molecular weight excluding hydrogens is 484 g/mol. The van der Waals surface area contributed by atoms with E-state index in [0.29, 0.717) is 24.8 Å².